The van der Waals surface area contributed by atoms with Crippen LogP contribution in [0.2, 0.25) is 0 Å². The lowest BCUT2D eigenvalue weighted by atomic mass is 10.1. The van der Waals surface area contributed by atoms with Crippen molar-refractivity contribution in [3.63, 3.8) is 0 Å². The maximum absolute atomic E-state index is 12.1. The number of nitrogens with one attached hydrogen (secondary N) is 2. The molecule has 0 unspecified atom stereocenters. The predicted molar refractivity (Wildman–Crippen MR) is 165 cm³/mol. The van der Waals surface area contributed by atoms with Crippen LogP contribution in [0.4, 0.5) is 11.4 Å². The number of thiocarbonyl (C=S) groups is 1. The summed E-state index contributed by atoms with van der Waals surface area (Å²) in [6.45, 7) is 0. The van der Waals surface area contributed by atoms with Gasteiger partial charge in [-0.2, -0.15) is 10.5 Å². The van der Waals surface area contributed by atoms with Gasteiger partial charge < -0.3 is 29.6 Å². The van der Waals surface area contributed by atoms with Crippen molar-refractivity contribution in [2.45, 2.75) is 0 Å². The number of amides is 1. The molecule has 0 aliphatic heterocycles. The SMILES string of the molecule is COc1ccc(C(=O)Nc2cc(C#N)cc(OC)c2)cc1.COc1ccc(C(=S)Nc2cc(C#N)cc(OC)c2)cc1. The van der Waals surface area contributed by atoms with E-state index in [1.54, 1.807) is 82.0 Å². The van der Waals surface area contributed by atoms with Crippen molar-refractivity contribution in [1.29, 1.82) is 10.5 Å². The Morgan fingerprint density at radius 2 is 1.00 bits per heavy atom. The van der Waals surface area contributed by atoms with Crippen LogP contribution in [-0.2, 0) is 0 Å². The summed E-state index contributed by atoms with van der Waals surface area (Å²) >= 11 is 5.37. The lowest BCUT2D eigenvalue weighted by molar-refractivity contribution is 0.102. The number of carbonyl (C=O) groups excluding carboxylic acids is 1. The summed E-state index contributed by atoms with van der Waals surface area (Å²) in [6.07, 6.45) is 0. The number of nitriles is 2. The Morgan fingerprint density at radius 3 is 1.40 bits per heavy atom. The average Bonchev–Trinajstić information content (AvgIpc) is 3.04. The lowest BCUT2D eigenvalue weighted by Gasteiger charge is -2.10. The van der Waals surface area contributed by atoms with Gasteiger partial charge in [0.1, 0.15) is 28.0 Å². The molecule has 0 radical (unpaired) electrons. The van der Waals surface area contributed by atoms with E-state index in [2.05, 4.69) is 16.7 Å². The first-order valence-electron chi connectivity index (χ1n) is 12.4. The molecule has 1 amide bonds. The Kier molecular flexibility index (Phi) is 11.3. The number of hydrogen-bond acceptors (Lipinski definition) is 8. The number of methoxy groups -OCH3 is 4. The Morgan fingerprint density at radius 1 is 0.595 bits per heavy atom. The summed E-state index contributed by atoms with van der Waals surface area (Å²) in [5, 5.41) is 23.8. The Balaban J connectivity index is 0.000000230. The van der Waals surface area contributed by atoms with E-state index in [4.69, 9.17) is 41.7 Å². The fourth-order valence-corrected chi connectivity index (χ4v) is 3.85. The van der Waals surface area contributed by atoms with E-state index >= 15 is 0 Å². The fourth-order valence-electron chi connectivity index (χ4n) is 3.60. The lowest BCUT2D eigenvalue weighted by Crippen LogP contribution is -2.12. The maximum atomic E-state index is 12.1. The van der Waals surface area contributed by atoms with Crippen LogP contribution >= 0.6 is 12.2 Å². The van der Waals surface area contributed by atoms with Gasteiger partial charge in [-0.1, -0.05) is 12.2 Å². The third-order valence-corrected chi connectivity index (χ3v) is 6.10. The number of carbonyl (C=O) groups is 1. The van der Waals surface area contributed by atoms with Crippen molar-refractivity contribution >= 4 is 34.5 Å². The molecule has 10 heteroatoms. The van der Waals surface area contributed by atoms with Gasteiger partial charge in [-0.15, -0.1) is 0 Å². The molecule has 2 N–H and O–H groups in total. The van der Waals surface area contributed by atoms with Gasteiger partial charge in [0, 0.05) is 34.6 Å². The first kappa shape index (κ1) is 31.0. The van der Waals surface area contributed by atoms with Gasteiger partial charge in [0.2, 0.25) is 0 Å². The normalized spacial score (nSPS) is 9.57. The van der Waals surface area contributed by atoms with Crippen molar-refractivity contribution in [3.8, 4) is 35.1 Å². The molecule has 0 heterocycles. The van der Waals surface area contributed by atoms with Gasteiger partial charge in [0.25, 0.3) is 5.91 Å². The van der Waals surface area contributed by atoms with Crippen molar-refractivity contribution in [2.24, 2.45) is 0 Å². The molecule has 0 aliphatic carbocycles. The van der Waals surface area contributed by atoms with E-state index in [1.807, 2.05) is 30.3 Å². The topological polar surface area (TPSA) is 126 Å². The smallest absolute Gasteiger partial charge is 0.255 e. The number of benzene rings is 4. The van der Waals surface area contributed by atoms with Crippen molar-refractivity contribution in [3.05, 3.63) is 107 Å². The average molecular weight is 581 g/mol. The number of anilines is 2. The van der Waals surface area contributed by atoms with E-state index in [0.29, 0.717) is 50.3 Å². The minimum atomic E-state index is -0.269. The number of hydrogen-bond donors (Lipinski definition) is 2. The van der Waals surface area contributed by atoms with Gasteiger partial charge in [0.15, 0.2) is 0 Å². The summed E-state index contributed by atoms with van der Waals surface area (Å²) in [7, 11) is 6.24. The second-order valence-electron chi connectivity index (χ2n) is 8.49. The van der Waals surface area contributed by atoms with Crippen LogP contribution in [-0.4, -0.2) is 39.3 Å². The molecule has 4 rings (SSSR count). The van der Waals surface area contributed by atoms with Crippen LogP contribution in [0.5, 0.6) is 23.0 Å². The minimum Gasteiger partial charge on any atom is -0.497 e. The summed E-state index contributed by atoms with van der Waals surface area (Å²) in [4.78, 5) is 12.7. The third-order valence-electron chi connectivity index (χ3n) is 5.76. The molecule has 42 heavy (non-hydrogen) atoms. The quantitative estimate of drug-likeness (QED) is 0.235. The minimum absolute atomic E-state index is 0.269. The van der Waals surface area contributed by atoms with E-state index in [-0.39, 0.29) is 5.91 Å². The molecule has 0 atom stereocenters. The van der Waals surface area contributed by atoms with Crippen molar-refractivity contribution in [2.75, 3.05) is 39.1 Å². The van der Waals surface area contributed by atoms with Crippen LogP contribution in [0.15, 0.2) is 84.9 Å². The highest BCUT2D eigenvalue weighted by Gasteiger charge is 2.09. The maximum Gasteiger partial charge on any atom is 0.255 e. The van der Waals surface area contributed by atoms with E-state index in [0.717, 1.165) is 11.3 Å². The second kappa shape index (κ2) is 15.3. The number of nitrogens with zero attached hydrogens (tertiary/aromatic N) is 2. The summed E-state index contributed by atoms with van der Waals surface area (Å²) in [6, 6.07) is 28.3. The zero-order chi connectivity index (χ0) is 30.5. The van der Waals surface area contributed by atoms with Crippen LogP contribution in [0.3, 0.4) is 0 Å². The molecule has 0 saturated carbocycles. The van der Waals surface area contributed by atoms with Gasteiger partial charge in [-0.3, -0.25) is 4.79 Å². The van der Waals surface area contributed by atoms with Crippen LogP contribution < -0.4 is 29.6 Å². The molecule has 0 saturated heterocycles. The first-order valence-corrected chi connectivity index (χ1v) is 12.8. The molecular weight excluding hydrogens is 552 g/mol. The highest BCUT2D eigenvalue weighted by atomic mass is 32.1. The second-order valence-corrected chi connectivity index (χ2v) is 8.90. The van der Waals surface area contributed by atoms with Crippen molar-refractivity contribution < 1.29 is 23.7 Å². The van der Waals surface area contributed by atoms with Crippen LogP contribution in [0, 0.1) is 22.7 Å². The molecule has 0 fully saturated rings. The van der Waals surface area contributed by atoms with Crippen LogP contribution in [0.1, 0.15) is 27.0 Å². The van der Waals surface area contributed by atoms with E-state index in [1.165, 1.54) is 7.11 Å². The summed E-state index contributed by atoms with van der Waals surface area (Å²) in [5.41, 5.74) is 3.51. The van der Waals surface area contributed by atoms with Gasteiger partial charge >= 0.3 is 0 Å². The number of ether oxygens (including phenoxy) is 4. The zero-order valence-corrected chi connectivity index (χ0v) is 24.2. The van der Waals surface area contributed by atoms with Crippen LogP contribution in [0.25, 0.3) is 0 Å². The van der Waals surface area contributed by atoms with E-state index < -0.39 is 0 Å². The highest BCUT2D eigenvalue weighted by Crippen LogP contribution is 2.23. The molecule has 9 nitrogen and oxygen atoms in total. The summed E-state index contributed by atoms with van der Waals surface area (Å²) in [5.74, 6) is 2.30. The van der Waals surface area contributed by atoms with Crippen molar-refractivity contribution in [1.82, 2.24) is 0 Å². The Hall–Kier alpha value is -5.58. The van der Waals surface area contributed by atoms with Gasteiger partial charge in [-0.05, 0) is 72.8 Å². The molecule has 4 aromatic rings. The molecule has 0 aliphatic rings. The molecular formula is C32H28N4O5S. The molecule has 0 spiro atoms. The summed E-state index contributed by atoms with van der Waals surface area (Å²) < 4.78 is 20.4. The largest absolute Gasteiger partial charge is 0.497 e. The molecule has 212 valence electrons. The standard InChI is InChI=1S/C16H14N2O3.C16H14N2O2S/c1-20-14-5-3-12(4-6-14)16(19)18-13-7-11(10-17)8-15(9-13)21-2;1-19-14-5-3-12(4-6-14)16(21)18-13-7-11(10-17)8-15(9-13)20-2/h3-9H,1-2H3,(H,18,19);3-9H,1-2H3,(H,18,21). The highest BCUT2D eigenvalue weighted by molar-refractivity contribution is 7.81. The third kappa shape index (κ3) is 8.71. The fraction of sp³-hybridized carbons (Fsp3) is 0.125. The Labute approximate surface area is 249 Å². The number of rotatable bonds is 8. The Bertz CT molecular complexity index is 1500. The van der Waals surface area contributed by atoms with Gasteiger partial charge in [0.05, 0.1) is 51.7 Å². The first-order chi connectivity index (χ1) is 20.3. The van der Waals surface area contributed by atoms with E-state index in [9.17, 15) is 4.79 Å². The predicted octanol–water partition coefficient (Wildman–Crippen LogP) is 6.19. The van der Waals surface area contributed by atoms with Gasteiger partial charge in [-0.25, -0.2) is 0 Å². The molecule has 0 bridgehead atoms. The molecule has 4 aromatic carbocycles. The molecule has 0 aromatic heterocycles. The monoisotopic (exact) mass is 580 g/mol. The zero-order valence-electron chi connectivity index (χ0n) is 23.4.